The zero-order valence-corrected chi connectivity index (χ0v) is 12.9. The van der Waals surface area contributed by atoms with Gasteiger partial charge in [-0.2, -0.15) is 0 Å². The Balaban J connectivity index is 1.53. The summed E-state index contributed by atoms with van der Waals surface area (Å²) in [5, 5.41) is 6.41. The van der Waals surface area contributed by atoms with Gasteiger partial charge < -0.3 is 15.4 Å². The average Bonchev–Trinajstić information content (AvgIpc) is 2.48. The smallest absolute Gasteiger partial charge is 0.220 e. The van der Waals surface area contributed by atoms with Crippen LogP contribution in [0.3, 0.4) is 0 Å². The lowest BCUT2D eigenvalue weighted by atomic mass is 10.1. The number of hydrogen-bond donors (Lipinski definition) is 2. The third-order valence-corrected chi connectivity index (χ3v) is 3.76. The van der Waals surface area contributed by atoms with Crippen molar-refractivity contribution in [3.8, 4) is 5.75 Å². The van der Waals surface area contributed by atoms with Gasteiger partial charge in [0.1, 0.15) is 5.75 Å². The van der Waals surface area contributed by atoms with E-state index in [4.69, 9.17) is 4.74 Å². The van der Waals surface area contributed by atoms with Crippen LogP contribution < -0.4 is 15.4 Å². The maximum absolute atomic E-state index is 11.8. The molecule has 1 aliphatic rings. The highest BCUT2D eigenvalue weighted by atomic mass is 16.5. The number of hydrogen-bond acceptors (Lipinski definition) is 3. The molecule has 0 atom stereocenters. The first-order valence-corrected chi connectivity index (χ1v) is 7.93. The van der Waals surface area contributed by atoms with E-state index in [2.05, 4.69) is 23.6 Å². The van der Waals surface area contributed by atoms with Crippen LogP contribution in [0.2, 0.25) is 0 Å². The fourth-order valence-electron chi connectivity index (χ4n) is 2.55. The minimum absolute atomic E-state index is 0.178. The van der Waals surface area contributed by atoms with Crippen molar-refractivity contribution in [2.24, 2.45) is 0 Å². The zero-order valence-electron chi connectivity index (χ0n) is 12.9. The molecule has 1 heterocycles. The SMILES string of the molecule is Cc1cccc(OCCCCC(=O)NC2CCNCC2)c1. The molecule has 0 bridgehead atoms. The van der Waals surface area contributed by atoms with Gasteiger partial charge in [0.15, 0.2) is 0 Å². The van der Waals surface area contributed by atoms with Crippen molar-refractivity contribution in [3.05, 3.63) is 29.8 Å². The lowest BCUT2D eigenvalue weighted by molar-refractivity contribution is -0.122. The van der Waals surface area contributed by atoms with Gasteiger partial charge in [0.05, 0.1) is 6.61 Å². The number of piperidine rings is 1. The molecule has 0 radical (unpaired) electrons. The molecule has 21 heavy (non-hydrogen) atoms. The van der Waals surface area contributed by atoms with Crippen LogP contribution >= 0.6 is 0 Å². The number of ether oxygens (including phenoxy) is 1. The molecule has 0 spiro atoms. The topological polar surface area (TPSA) is 50.4 Å². The van der Waals surface area contributed by atoms with Crippen LogP contribution in [-0.2, 0) is 4.79 Å². The maximum atomic E-state index is 11.8. The number of benzene rings is 1. The molecule has 1 amide bonds. The van der Waals surface area contributed by atoms with Gasteiger partial charge in [0.25, 0.3) is 0 Å². The van der Waals surface area contributed by atoms with E-state index in [1.54, 1.807) is 0 Å². The number of amides is 1. The Morgan fingerprint density at radius 3 is 2.90 bits per heavy atom. The predicted octanol–water partition coefficient (Wildman–Crippen LogP) is 2.41. The molecule has 0 aliphatic carbocycles. The van der Waals surface area contributed by atoms with E-state index < -0.39 is 0 Å². The van der Waals surface area contributed by atoms with Crippen LogP contribution in [0.25, 0.3) is 0 Å². The van der Waals surface area contributed by atoms with Gasteiger partial charge in [-0.25, -0.2) is 0 Å². The quantitative estimate of drug-likeness (QED) is 0.758. The maximum Gasteiger partial charge on any atom is 0.220 e. The molecule has 1 saturated heterocycles. The highest BCUT2D eigenvalue weighted by Crippen LogP contribution is 2.13. The predicted molar refractivity (Wildman–Crippen MR) is 84.6 cm³/mol. The van der Waals surface area contributed by atoms with Crippen molar-refractivity contribution >= 4 is 5.91 Å². The minimum atomic E-state index is 0.178. The zero-order chi connectivity index (χ0) is 14.9. The van der Waals surface area contributed by atoms with Crippen molar-refractivity contribution in [2.75, 3.05) is 19.7 Å². The normalized spacial score (nSPS) is 15.7. The number of aryl methyl sites for hydroxylation is 1. The standard InChI is InChI=1S/C17H26N2O2/c1-14-5-4-6-16(13-14)21-12-3-2-7-17(20)19-15-8-10-18-11-9-15/h4-6,13,15,18H,2-3,7-12H2,1H3,(H,19,20). The molecule has 2 rings (SSSR count). The summed E-state index contributed by atoms with van der Waals surface area (Å²) in [6.45, 7) is 4.74. The molecular formula is C17H26N2O2. The highest BCUT2D eigenvalue weighted by Gasteiger charge is 2.14. The number of carbonyl (C=O) groups excluding carboxylic acids is 1. The molecular weight excluding hydrogens is 264 g/mol. The Morgan fingerprint density at radius 2 is 2.14 bits per heavy atom. The molecule has 1 aliphatic heterocycles. The molecule has 0 saturated carbocycles. The van der Waals surface area contributed by atoms with Crippen molar-refractivity contribution in [1.82, 2.24) is 10.6 Å². The van der Waals surface area contributed by atoms with E-state index in [1.807, 2.05) is 18.2 Å². The lowest BCUT2D eigenvalue weighted by Crippen LogP contribution is -2.42. The van der Waals surface area contributed by atoms with Gasteiger partial charge in [0, 0.05) is 12.5 Å². The van der Waals surface area contributed by atoms with Crippen LogP contribution in [0.4, 0.5) is 0 Å². The minimum Gasteiger partial charge on any atom is -0.494 e. The summed E-state index contributed by atoms with van der Waals surface area (Å²) in [6.07, 6.45) is 4.47. The van der Waals surface area contributed by atoms with E-state index in [-0.39, 0.29) is 5.91 Å². The summed E-state index contributed by atoms with van der Waals surface area (Å²) in [5.41, 5.74) is 1.20. The Hall–Kier alpha value is -1.55. The second kappa shape index (κ2) is 8.67. The Morgan fingerprint density at radius 1 is 1.33 bits per heavy atom. The molecule has 1 fully saturated rings. The van der Waals surface area contributed by atoms with Crippen LogP contribution in [0.1, 0.15) is 37.7 Å². The van der Waals surface area contributed by atoms with Gasteiger partial charge in [0.2, 0.25) is 5.91 Å². The number of carbonyl (C=O) groups is 1. The summed E-state index contributed by atoms with van der Waals surface area (Å²) >= 11 is 0. The first-order valence-electron chi connectivity index (χ1n) is 7.93. The first kappa shape index (κ1) is 15.8. The number of unbranched alkanes of at least 4 members (excludes halogenated alkanes) is 1. The lowest BCUT2D eigenvalue weighted by Gasteiger charge is -2.23. The van der Waals surface area contributed by atoms with Crippen LogP contribution in [0.15, 0.2) is 24.3 Å². The van der Waals surface area contributed by atoms with Gasteiger partial charge in [-0.05, 0) is 63.4 Å². The second-order valence-corrected chi connectivity index (χ2v) is 5.71. The van der Waals surface area contributed by atoms with E-state index in [0.717, 1.165) is 44.5 Å². The van der Waals surface area contributed by atoms with Crippen molar-refractivity contribution in [3.63, 3.8) is 0 Å². The number of nitrogens with one attached hydrogen (secondary N) is 2. The molecule has 0 unspecified atom stereocenters. The van der Waals surface area contributed by atoms with Gasteiger partial charge in [-0.15, -0.1) is 0 Å². The van der Waals surface area contributed by atoms with Crippen molar-refractivity contribution in [2.45, 2.75) is 45.1 Å². The van der Waals surface area contributed by atoms with E-state index in [0.29, 0.717) is 19.1 Å². The summed E-state index contributed by atoms with van der Waals surface area (Å²) in [7, 11) is 0. The average molecular weight is 290 g/mol. The fraction of sp³-hybridized carbons (Fsp3) is 0.588. The second-order valence-electron chi connectivity index (χ2n) is 5.71. The monoisotopic (exact) mass is 290 g/mol. The molecule has 0 aromatic heterocycles. The highest BCUT2D eigenvalue weighted by molar-refractivity contribution is 5.76. The fourth-order valence-corrected chi connectivity index (χ4v) is 2.55. The Kier molecular flexibility index (Phi) is 6.54. The summed E-state index contributed by atoms with van der Waals surface area (Å²) < 4.78 is 5.68. The summed E-state index contributed by atoms with van der Waals surface area (Å²) in [6, 6.07) is 8.41. The van der Waals surface area contributed by atoms with Crippen molar-refractivity contribution < 1.29 is 9.53 Å². The Bertz CT molecular complexity index is 442. The van der Waals surface area contributed by atoms with Crippen LogP contribution in [0, 0.1) is 6.92 Å². The van der Waals surface area contributed by atoms with Gasteiger partial charge in [-0.1, -0.05) is 12.1 Å². The molecule has 1 aromatic rings. The third-order valence-electron chi connectivity index (χ3n) is 3.76. The first-order chi connectivity index (χ1) is 10.2. The number of rotatable bonds is 7. The van der Waals surface area contributed by atoms with E-state index in [9.17, 15) is 4.79 Å². The van der Waals surface area contributed by atoms with Crippen molar-refractivity contribution in [1.29, 1.82) is 0 Å². The van der Waals surface area contributed by atoms with E-state index in [1.165, 1.54) is 5.56 Å². The molecule has 1 aromatic carbocycles. The van der Waals surface area contributed by atoms with Gasteiger partial charge >= 0.3 is 0 Å². The molecule has 4 nitrogen and oxygen atoms in total. The Labute approximate surface area is 127 Å². The summed E-state index contributed by atoms with van der Waals surface area (Å²) in [5.74, 6) is 1.09. The van der Waals surface area contributed by atoms with Gasteiger partial charge in [-0.3, -0.25) is 4.79 Å². The van der Waals surface area contributed by atoms with E-state index >= 15 is 0 Å². The molecule has 4 heteroatoms. The molecule has 2 N–H and O–H groups in total. The summed E-state index contributed by atoms with van der Waals surface area (Å²) in [4.78, 5) is 11.8. The largest absolute Gasteiger partial charge is 0.494 e. The van der Waals surface area contributed by atoms with Crippen LogP contribution in [-0.4, -0.2) is 31.6 Å². The third kappa shape index (κ3) is 6.17. The molecule has 116 valence electrons. The van der Waals surface area contributed by atoms with Crippen LogP contribution in [0.5, 0.6) is 5.75 Å².